The van der Waals surface area contributed by atoms with Crippen LogP contribution in [0.3, 0.4) is 0 Å². The van der Waals surface area contributed by atoms with E-state index in [2.05, 4.69) is 13.0 Å². The monoisotopic (exact) mass is 502 g/mol. The number of aliphatic carboxylic acids is 1. The van der Waals surface area contributed by atoms with Crippen LogP contribution >= 0.6 is 0 Å². The molecule has 0 heterocycles. The Morgan fingerprint density at radius 1 is 0.444 bits per heavy atom. The second kappa shape index (κ2) is 31.7. The van der Waals surface area contributed by atoms with Crippen LogP contribution in [0.15, 0.2) is 36.5 Å². The van der Waals surface area contributed by atoms with E-state index < -0.39 is 5.97 Å². The van der Waals surface area contributed by atoms with E-state index in [0.717, 1.165) is 12.5 Å². The van der Waals surface area contributed by atoms with Crippen molar-refractivity contribution in [2.24, 2.45) is 0 Å². The molecule has 2 nitrogen and oxygen atoms in total. The molecule has 0 radical (unpaired) electrons. The molecule has 0 amide bonds. The molecule has 0 saturated carbocycles. The Kier molecular flexibility index (Phi) is 30.6. The van der Waals surface area contributed by atoms with Crippen LogP contribution in [0.4, 0.5) is 0 Å². The molecule has 0 spiro atoms. The smallest absolute Gasteiger partial charge is 0.328 e. The topological polar surface area (TPSA) is 37.3 Å². The van der Waals surface area contributed by atoms with Crippen molar-refractivity contribution >= 4 is 5.97 Å². The first-order chi connectivity index (χ1) is 17.8. The lowest BCUT2D eigenvalue weighted by Gasteiger charge is -2.04. The van der Waals surface area contributed by atoms with E-state index in [0.29, 0.717) is 0 Å². The van der Waals surface area contributed by atoms with Crippen LogP contribution in [0.2, 0.25) is 0 Å². The van der Waals surface area contributed by atoms with Gasteiger partial charge in [-0.25, -0.2) is 4.79 Å². The number of carboxylic acid groups (broad SMARTS) is 1. The van der Waals surface area contributed by atoms with Gasteiger partial charge in [-0.2, -0.15) is 0 Å². The summed E-state index contributed by atoms with van der Waals surface area (Å²) in [6.07, 6.45) is 47.5. The van der Waals surface area contributed by atoms with Gasteiger partial charge in [0.2, 0.25) is 0 Å². The van der Waals surface area contributed by atoms with E-state index in [1.54, 1.807) is 12.2 Å². The van der Waals surface area contributed by atoms with Gasteiger partial charge in [-0.1, -0.05) is 191 Å². The third-order valence-electron chi connectivity index (χ3n) is 7.18. The second-order valence-electron chi connectivity index (χ2n) is 10.8. The van der Waals surface area contributed by atoms with Crippen molar-refractivity contribution in [2.75, 3.05) is 0 Å². The summed E-state index contributed by atoms with van der Waals surface area (Å²) in [7, 11) is 0. The molecule has 0 aliphatic rings. The summed E-state index contributed by atoms with van der Waals surface area (Å²) in [5.74, 6) is -0.904. The van der Waals surface area contributed by atoms with Crippen molar-refractivity contribution in [3.63, 3.8) is 0 Å². The molecule has 0 fully saturated rings. The van der Waals surface area contributed by atoms with Gasteiger partial charge in [0.15, 0.2) is 0 Å². The summed E-state index contributed by atoms with van der Waals surface area (Å²) in [5, 5.41) is 8.48. The first-order valence-corrected chi connectivity index (χ1v) is 16.0. The normalized spacial score (nSPS) is 12.0. The van der Waals surface area contributed by atoms with Crippen molar-refractivity contribution in [2.45, 2.75) is 174 Å². The fraction of sp³-hybridized carbons (Fsp3) is 0.794. The first-order valence-electron chi connectivity index (χ1n) is 16.0. The Morgan fingerprint density at radius 2 is 0.750 bits per heavy atom. The number of allylic oxidation sites excluding steroid dienone is 5. The Hall–Kier alpha value is -1.31. The first kappa shape index (κ1) is 34.7. The summed E-state index contributed by atoms with van der Waals surface area (Å²) < 4.78 is 0. The van der Waals surface area contributed by atoms with Crippen LogP contribution in [0, 0.1) is 0 Å². The molecule has 1 N–H and O–H groups in total. The fourth-order valence-corrected chi connectivity index (χ4v) is 4.84. The number of carbonyl (C=O) groups is 1. The van der Waals surface area contributed by atoms with Crippen LogP contribution in [0.1, 0.15) is 174 Å². The molecule has 210 valence electrons. The molecule has 0 unspecified atom stereocenters. The van der Waals surface area contributed by atoms with Crippen molar-refractivity contribution in [3.8, 4) is 0 Å². The highest BCUT2D eigenvalue weighted by molar-refractivity contribution is 5.80. The van der Waals surface area contributed by atoms with Gasteiger partial charge in [-0.05, 0) is 12.8 Å². The maximum atomic E-state index is 10.3. The molecular formula is C34H62O2. The van der Waals surface area contributed by atoms with Crippen molar-refractivity contribution in [3.05, 3.63) is 36.5 Å². The van der Waals surface area contributed by atoms with Gasteiger partial charge in [0.25, 0.3) is 0 Å². The lowest BCUT2D eigenvalue weighted by molar-refractivity contribution is -0.131. The van der Waals surface area contributed by atoms with E-state index in [1.807, 2.05) is 12.2 Å². The summed E-state index contributed by atoms with van der Waals surface area (Å²) in [5.41, 5.74) is 0. The SMILES string of the molecule is CCCCCCCCCCCCCCCCCCCCCCCCCCC/C=C/C=C/C=C/C(=O)O. The van der Waals surface area contributed by atoms with Gasteiger partial charge in [0.1, 0.15) is 0 Å². The van der Waals surface area contributed by atoms with E-state index in [-0.39, 0.29) is 0 Å². The number of hydrogen-bond acceptors (Lipinski definition) is 1. The standard InChI is InChI=1S/C34H62O2/c1-2-3-4-5-6-7-8-9-10-11-12-13-14-15-16-17-18-19-20-21-22-23-24-25-26-27-28-29-30-31-32-33-34(35)36/h28-33H,2-27H2,1H3,(H,35,36)/b29-28+,31-30+,33-32+. The summed E-state index contributed by atoms with van der Waals surface area (Å²) >= 11 is 0. The molecule has 0 saturated heterocycles. The number of carboxylic acids is 1. The van der Waals surface area contributed by atoms with Crippen molar-refractivity contribution in [1.82, 2.24) is 0 Å². The quantitative estimate of drug-likeness (QED) is 0.0627. The maximum Gasteiger partial charge on any atom is 0.328 e. The van der Waals surface area contributed by atoms with Gasteiger partial charge >= 0.3 is 5.97 Å². The van der Waals surface area contributed by atoms with Gasteiger partial charge in [0.05, 0.1) is 0 Å². The minimum Gasteiger partial charge on any atom is -0.478 e. The van der Waals surface area contributed by atoms with Gasteiger partial charge in [-0.15, -0.1) is 0 Å². The van der Waals surface area contributed by atoms with Crippen molar-refractivity contribution < 1.29 is 9.90 Å². The van der Waals surface area contributed by atoms with E-state index in [9.17, 15) is 4.79 Å². The molecule has 0 bridgehead atoms. The van der Waals surface area contributed by atoms with Crippen LogP contribution in [-0.2, 0) is 4.79 Å². The van der Waals surface area contributed by atoms with Crippen LogP contribution in [-0.4, -0.2) is 11.1 Å². The molecule has 0 aromatic rings. The second-order valence-corrected chi connectivity index (χ2v) is 10.8. The maximum absolute atomic E-state index is 10.3. The Bertz CT molecular complexity index is 517. The molecule has 0 atom stereocenters. The minimum absolute atomic E-state index is 0.904. The number of hydrogen-bond donors (Lipinski definition) is 1. The van der Waals surface area contributed by atoms with Gasteiger partial charge in [-0.3, -0.25) is 0 Å². The molecule has 0 aromatic heterocycles. The zero-order chi connectivity index (χ0) is 26.2. The highest BCUT2D eigenvalue weighted by Crippen LogP contribution is 2.16. The summed E-state index contributed by atoms with van der Waals surface area (Å²) in [6, 6.07) is 0. The third kappa shape index (κ3) is 32.7. The average Bonchev–Trinajstić information content (AvgIpc) is 2.87. The van der Waals surface area contributed by atoms with E-state index in [4.69, 9.17) is 5.11 Å². The van der Waals surface area contributed by atoms with Crippen LogP contribution in [0.25, 0.3) is 0 Å². The van der Waals surface area contributed by atoms with E-state index in [1.165, 1.54) is 161 Å². The zero-order valence-electron chi connectivity index (χ0n) is 24.2. The third-order valence-corrected chi connectivity index (χ3v) is 7.18. The predicted molar refractivity (Wildman–Crippen MR) is 161 cm³/mol. The van der Waals surface area contributed by atoms with E-state index >= 15 is 0 Å². The Balaban J connectivity index is 3.11. The molecule has 2 heteroatoms. The Labute approximate surface area is 226 Å². The number of unbranched alkanes of at least 4 members (excludes halogenated alkanes) is 25. The molecule has 0 rings (SSSR count). The molecule has 0 aliphatic carbocycles. The van der Waals surface area contributed by atoms with Crippen molar-refractivity contribution in [1.29, 1.82) is 0 Å². The Morgan fingerprint density at radius 3 is 1.08 bits per heavy atom. The van der Waals surface area contributed by atoms with Gasteiger partial charge in [0, 0.05) is 6.08 Å². The highest BCUT2D eigenvalue weighted by Gasteiger charge is 1.96. The molecule has 36 heavy (non-hydrogen) atoms. The van der Waals surface area contributed by atoms with Crippen LogP contribution in [0.5, 0.6) is 0 Å². The highest BCUT2D eigenvalue weighted by atomic mass is 16.4. The predicted octanol–water partition coefficient (Wildman–Crippen LogP) is 11.9. The molecule has 0 aromatic carbocycles. The lowest BCUT2D eigenvalue weighted by Crippen LogP contribution is -1.84. The zero-order valence-corrected chi connectivity index (χ0v) is 24.2. The number of rotatable bonds is 29. The largest absolute Gasteiger partial charge is 0.478 e. The molecule has 0 aliphatic heterocycles. The molecular weight excluding hydrogens is 440 g/mol. The van der Waals surface area contributed by atoms with Gasteiger partial charge < -0.3 is 5.11 Å². The fourth-order valence-electron chi connectivity index (χ4n) is 4.84. The summed E-state index contributed by atoms with van der Waals surface area (Å²) in [6.45, 7) is 2.30. The average molecular weight is 503 g/mol. The summed E-state index contributed by atoms with van der Waals surface area (Å²) in [4.78, 5) is 10.3. The minimum atomic E-state index is -0.904. The van der Waals surface area contributed by atoms with Crippen LogP contribution < -0.4 is 0 Å². The lowest BCUT2D eigenvalue weighted by atomic mass is 10.0.